The molecule has 1 atom stereocenters. The zero-order valence-electron chi connectivity index (χ0n) is 39.0. The maximum absolute atomic E-state index is 9.79. The Bertz CT molecular complexity index is 3780. The highest BCUT2D eigenvalue weighted by molar-refractivity contribution is 6.31. The molecule has 0 fully saturated rings. The predicted molar refractivity (Wildman–Crippen MR) is 294 cm³/mol. The number of allylic oxidation sites excluding steroid dienone is 7. The minimum atomic E-state index is -0.521. The van der Waals surface area contributed by atoms with Crippen molar-refractivity contribution in [3.8, 4) is 33.4 Å². The van der Waals surface area contributed by atoms with Gasteiger partial charge in [-0.3, -0.25) is 5.41 Å². The summed E-state index contributed by atoms with van der Waals surface area (Å²) < 4.78 is 0. The highest BCUT2D eigenvalue weighted by Gasteiger charge is 2.35. The molecular formula is C65H55N3. The molecule has 0 spiro atoms. The molecule has 0 heterocycles. The van der Waals surface area contributed by atoms with Crippen molar-refractivity contribution in [2.75, 3.05) is 0 Å². The molecule has 0 amide bonds. The number of nitrogens with one attached hydrogen (secondary N) is 1. The highest BCUT2D eigenvalue weighted by Crippen LogP contribution is 2.48. The van der Waals surface area contributed by atoms with Gasteiger partial charge in [0.15, 0.2) is 0 Å². The molecule has 9 aromatic carbocycles. The lowest BCUT2D eigenvalue weighted by Gasteiger charge is -2.36. The van der Waals surface area contributed by atoms with Crippen molar-refractivity contribution >= 4 is 66.0 Å². The number of hydrogen-bond acceptors (Lipinski definition) is 3. The van der Waals surface area contributed by atoms with Crippen LogP contribution < -0.4 is 21.9 Å². The Morgan fingerprint density at radius 2 is 1.19 bits per heavy atom. The minimum Gasteiger partial charge on any atom is -0.405 e. The second kappa shape index (κ2) is 18.2. The van der Waals surface area contributed by atoms with Crippen molar-refractivity contribution in [3.63, 3.8) is 0 Å². The van der Waals surface area contributed by atoms with E-state index >= 15 is 0 Å². The molecule has 5 N–H and O–H groups in total. The molecule has 0 bridgehead atoms. The first-order valence-corrected chi connectivity index (χ1v) is 23.5. The van der Waals surface area contributed by atoms with Gasteiger partial charge in [-0.25, -0.2) is 0 Å². The zero-order valence-corrected chi connectivity index (χ0v) is 39.0. The summed E-state index contributed by atoms with van der Waals surface area (Å²) in [7, 11) is 0. The van der Waals surface area contributed by atoms with Gasteiger partial charge in [0.2, 0.25) is 0 Å². The summed E-state index contributed by atoms with van der Waals surface area (Å²) in [6.45, 7) is 10.5. The normalized spacial score (nSPS) is 16.8. The van der Waals surface area contributed by atoms with Crippen LogP contribution in [0.1, 0.15) is 44.7 Å². The van der Waals surface area contributed by atoms with E-state index in [1.54, 1.807) is 12.2 Å². The van der Waals surface area contributed by atoms with E-state index in [0.717, 1.165) is 46.1 Å². The van der Waals surface area contributed by atoms with Crippen LogP contribution in [0.25, 0.3) is 93.7 Å². The van der Waals surface area contributed by atoms with Crippen molar-refractivity contribution in [2.24, 2.45) is 11.5 Å². The average molecular weight is 878 g/mol. The standard InChI is InChI=1S/C65H55N3/c1-5-43-19-11-12-24-52(43)58-27-15-16-36-65(58,4)59-35-33-49(41-57(59)63(60(67)6-2)64(68)42(3)18-17-37-66)48-32-34-55-56(40-48)62(51-31-29-45-21-8-10-23-47(45)39-51)54-26-14-13-25-53(54)61(55)50-30-28-44-20-7-9-22-46(44)38-50/h5-14,16-26,28-41,68H,2,15,27,66-67H2,1,3-4H3/b37-17-,42-18+,43-5-,58-52-,63-60+,68-64?. The van der Waals surface area contributed by atoms with Gasteiger partial charge in [-0.15, -0.1) is 0 Å². The first-order chi connectivity index (χ1) is 33.2. The SMILES string of the molecule is C=C/C(N)=C(\C(=N)/C(C)=C/C=C\N)c1cc(-c2ccc3c(-c4ccc5ccccc5c4)c4ccccc4c(-c4ccc5ccccc5c4)c3c2)ccc1C1(C)C=CCC/C1=c1\cccc\c1=C\C. The van der Waals surface area contributed by atoms with Crippen molar-refractivity contribution < 1.29 is 0 Å². The Kier molecular flexibility index (Phi) is 11.7. The van der Waals surface area contributed by atoms with E-state index in [0.29, 0.717) is 17.0 Å². The molecule has 9 aromatic rings. The molecule has 1 aliphatic rings. The summed E-state index contributed by atoms with van der Waals surface area (Å²) in [5.74, 6) is 0. The summed E-state index contributed by atoms with van der Waals surface area (Å²) in [5, 5.41) is 21.8. The van der Waals surface area contributed by atoms with Crippen LogP contribution >= 0.6 is 0 Å². The minimum absolute atomic E-state index is 0.315. The van der Waals surface area contributed by atoms with Gasteiger partial charge in [0.25, 0.3) is 0 Å². The van der Waals surface area contributed by atoms with E-state index in [2.05, 4.69) is 209 Å². The van der Waals surface area contributed by atoms with E-state index in [1.165, 1.54) is 82.2 Å². The maximum Gasteiger partial charge on any atom is 0.0668 e. The van der Waals surface area contributed by atoms with Crippen LogP contribution in [0.3, 0.4) is 0 Å². The Labute approximate surface area is 399 Å². The summed E-state index contributed by atoms with van der Waals surface area (Å²) in [6.07, 6.45) is 15.5. The van der Waals surface area contributed by atoms with E-state index in [9.17, 15) is 5.41 Å². The van der Waals surface area contributed by atoms with Gasteiger partial charge in [-0.1, -0.05) is 176 Å². The summed E-state index contributed by atoms with van der Waals surface area (Å²) in [4.78, 5) is 0. The predicted octanol–water partition coefficient (Wildman–Crippen LogP) is 14.9. The maximum atomic E-state index is 9.79. The lowest BCUT2D eigenvalue weighted by Crippen LogP contribution is -2.36. The van der Waals surface area contributed by atoms with Gasteiger partial charge in [0.05, 0.1) is 5.71 Å². The number of hydrogen-bond donors (Lipinski definition) is 3. The zero-order chi connectivity index (χ0) is 46.9. The molecule has 0 radical (unpaired) electrons. The fourth-order valence-electron chi connectivity index (χ4n) is 10.7. The van der Waals surface area contributed by atoms with Gasteiger partial charge in [-0.2, -0.15) is 0 Å². The fourth-order valence-corrected chi connectivity index (χ4v) is 10.7. The van der Waals surface area contributed by atoms with Crippen LogP contribution in [-0.4, -0.2) is 5.71 Å². The average Bonchev–Trinajstić information content (AvgIpc) is 3.39. The molecule has 1 aliphatic carbocycles. The molecule has 3 nitrogen and oxygen atoms in total. The molecule has 0 saturated heterocycles. The molecule has 0 aromatic heterocycles. The molecule has 3 heteroatoms. The molecule has 10 rings (SSSR count). The van der Waals surface area contributed by atoms with E-state index in [4.69, 9.17) is 11.5 Å². The van der Waals surface area contributed by atoms with Crippen LogP contribution in [0.2, 0.25) is 0 Å². The van der Waals surface area contributed by atoms with Gasteiger partial charge >= 0.3 is 0 Å². The van der Waals surface area contributed by atoms with Gasteiger partial charge in [-0.05, 0) is 185 Å². The Morgan fingerprint density at radius 1 is 0.632 bits per heavy atom. The molecular weight excluding hydrogens is 823 g/mol. The van der Waals surface area contributed by atoms with Gasteiger partial charge < -0.3 is 11.5 Å². The highest BCUT2D eigenvalue weighted by atomic mass is 14.6. The third-order valence-corrected chi connectivity index (χ3v) is 14.1. The largest absolute Gasteiger partial charge is 0.405 e. The summed E-state index contributed by atoms with van der Waals surface area (Å²) in [5.41, 5.74) is 24.6. The van der Waals surface area contributed by atoms with Crippen molar-refractivity contribution in [3.05, 3.63) is 246 Å². The molecule has 1 unspecified atom stereocenters. The van der Waals surface area contributed by atoms with Crippen LogP contribution in [-0.2, 0) is 5.41 Å². The fraction of sp³-hybridized carbons (Fsp3) is 0.0923. The first kappa shape index (κ1) is 43.6. The van der Waals surface area contributed by atoms with Crippen LogP contribution in [0.5, 0.6) is 0 Å². The van der Waals surface area contributed by atoms with Crippen molar-refractivity contribution in [1.29, 1.82) is 5.41 Å². The Morgan fingerprint density at radius 3 is 1.84 bits per heavy atom. The summed E-state index contributed by atoms with van der Waals surface area (Å²) in [6, 6.07) is 62.2. The Hall–Kier alpha value is -8.27. The van der Waals surface area contributed by atoms with Gasteiger partial charge in [0.1, 0.15) is 0 Å². The number of benzene rings is 9. The Balaban J connectivity index is 1.29. The monoisotopic (exact) mass is 877 g/mol. The van der Waals surface area contributed by atoms with E-state index in [1.807, 2.05) is 13.0 Å². The molecule has 0 aliphatic heterocycles. The number of fused-ring (bicyclic) bond motifs is 4. The third kappa shape index (κ3) is 7.66. The topological polar surface area (TPSA) is 75.9 Å². The molecule has 68 heavy (non-hydrogen) atoms. The first-order valence-electron chi connectivity index (χ1n) is 23.5. The smallest absolute Gasteiger partial charge is 0.0668 e. The summed E-state index contributed by atoms with van der Waals surface area (Å²) >= 11 is 0. The van der Waals surface area contributed by atoms with Gasteiger partial charge in [0, 0.05) is 16.7 Å². The van der Waals surface area contributed by atoms with E-state index in [-0.39, 0.29) is 0 Å². The second-order valence-corrected chi connectivity index (χ2v) is 18.1. The van der Waals surface area contributed by atoms with Crippen molar-refractivity contribution in [2.45, 2.75) is 39.0 Å². The number of rotatable bonds is 9. The number of nitrogens with two attached hydrogens (primary N) is 2. The molecule has 0 saturated carbocycles. The van der Waals surface area contributed by atoms with E-state index < -0.39 is 5.41 Å². The van der Waals surface area contributed by atoms with Crippen LogP contribution in [0.4, 0.5) is 0 Å². The van der Waals surface area contributed by atoms with Crippen LogP contribution in [0, 0.1) is 5.41 Å². The lowest BCUT2D eigenvalue weighted by molar-refractivity contribution is 0.708. The third-order valence-electron chi connectivity index (χ3n) is 14.1. The molecule has 330 valence electrons. The lowest BCUT2D eigenvalue weighted by atomic mass is 9.67. The second-order valence-electron chi connectivity index (χ2n) is 18.1. The quantitative estimate of drug-likeness (QED) is 0.0585. The van der Waals surface area contributed by atoms with Crippen LogP contribution in [0.15, 0.2) is 224 Å². The van der Waals surface area contributed by atoms with Crippen molar-refractivity contribution in [1.82, 2.24) is 0 Å².